The van der Waals surface area contributed by atoms with E-state index >= 15 is 0 Å². The summed E-state index contributed by atoms with van der Waals surface area (Å²) in [6.45, 7) is 0. The molecule has 0 bridgehead atoms. The molecule has 0 saturated heterocycles. The fourth-order valence-corrected chi connectivity index (χ4v) is 0. The Kier molecular flexibility index (Phi) is 19.8. The van der Waals surface area contributed by atoms with Gasteiger partial charge in [0.2, 0.25) is 0 Å². The van der Waals surface area contributed by atoms with Crippen LogP contribution in [0.3, 0.4) is 0 Å². The van der Waals surface area contributed by atoms with Crippen LogP contribution in [0.15, 0.2) is 0 Å². The normalized spacial score (nSPS) is 5.33. The van der Waals surface area contributed by atoms with E-state index in [0.29, 0.717) is 0 Å². The first kappa shape index (κ1) is 16.1. The summed E-state index contributed by atoms with van der Waals surface area (Å²) in [5.41, 5.74) is 0. The topological polar surface area (TPSA) is 115 Å². The third-order valence-corrected chi connectivity index (χ3v) is 0. The quantitative estimate of drug-likeness (QED) is 0.285. The molecule has 1 radical (unpaired) electrons. The van der Waals surface area contributed by atoms with Crippen molar-refractivity contribution in [3.05, 3.63) is 0 Å². The first-order chi connectivity index (χ1) is 3.46. The summed E-state index contributed by atoms with van der Waals surface area (Å²) in [5, 5.41) is 0. The van der Waals surface area contributed by atoms with Gasteiger partial charge in [-0.3, -0.25) is 8.92 Å². The fraction of sp³-hybridized carbons (Fsp3) is 0. The van der Waals surface area contributed by atoms with E-state index in [2.05, 4.69) is 0 Å². The van der Waals surface area contributed by atoms with Crippen LogP contribution in [-0.4, -0.2) is 67.1 Å². The zero-order valence-electron chi connectivity index (χ0n) is 4.61. The van der Waals surface area contributed by atoms with E-state index in [1.807, 2.05) is 0 Å². The summed E-state index contributed by atoms with van der Waals surface area (Å²) in [7, 11) is -6.26. The van der Waals surface area contributed by atoms with Crippen LogP contribution in [0.2, 0.25) is 0 Å². The molecule has 9 heavy (non-hydrogen) atoms. The van der Waals surface area contributed by atoms with Crippen LogP contribution in [0.25, 0.3) is 0 Å². The monoisotopic (exact) mass is 179 g/mol. The molecule has 0 fully saturated rings. The van der Waals surface area contributed by atoms with Crippen LogP contribution in [0.4, 0.5) is 0 Å². The van der Waals surface area contributed by atoms with Crippen molar-refractivity contribution >= 4 is 47.9 Å². The van der Waals surface area contributed by atoms with E-state index in [9.17, 15) is 0 Å². The second-order valence-corrected chi connectivity index (χ2v) is 1.70. The number of hydrogen-bond acceptors (Lipinski definition) is 2. The van der Waals surface area contributed by atoms with E-state index in [4.69, 9.17) is 28.1 Å². The Labute approximate surface area is 75.9 Å². The summed E-state index contributed by atoms with van der Waals surface area (Å²) in [6.07, 6.45) is 0. The molecule has 6 nitrogen and oxygen atoms in total. The standard InChI is InChI=1S/Na.2H2O3Si/c;2*1-4(2)3/h;2*1-2H. The maximum Gasteiger partial charge on any atom is 0.761 e. The first-order valence-corrected chi connectivity index (χ1v) is 3.91. The smallest absolute Gasteiger partial charge is 0.511 e. The van der Waals surface area contributed by atoms with Gasteiger partial charge in [-0.05, 0) is 0 Å². The van der Waals surface area contributed by atoms with Crippen LogP contribution in [0.5, 0.6) is 0 Å². The predicted molar refractivity (Wildman–Crippen MR) is 27.5 cm³/mol. The van der Waals surface area contributed by atoms with Crippen molar-refractivity contribution in [3.63, 3.8) is 0 Å². The van der Waals surface area contributed by atoms with Crippen molar-refractivity contribution in [1.82, 2.24) is 0 Å². The molecule has 0 aromatic rings. The largest absolute Gasteiger partial charge is 0.761 e. The Hall–Kier alpha value is 0.234. The molecule has 0 atom stereocenters. The summed E-state index contributed by atoms with van der Waals surface area (Å²) in [5.74, 6) is 0. The molecule has 0 aromatic carbocycles. The van der Waals surface area contributed by atoms with Crippen molar-refractivity contribution in [3.8, 4) is 0 Å². The summed E-state index contributed by atoms with van der Waals surface area (Å²) < 4.78 is 17.5. The third-order valence-electron chi connectivity index (χ3n) is 0. The molecule has 0 aliphatic carbocycles. The van der Waals surface area contributed by atoms with E-state index < -0.39 is 18.3 Å². The predicted octanol–water partition coefficient (Wildman–Crippen LogP) is -3.61. The Balaban J connectivity index is -0.0000000720. The second-order valence-electron chi connectivity index (χ2n) is 0.565. The minimum atomic E-state index is -3.13. The van der Waals surface area contributed by atoms with Crippen LogP contribution >= 0.6 is 0 Å². The Morgan fingerprint density at radius 1 is 0.778 bits per heavy atom. The van der Waals surface area contributed by atoms with Gasteiger partial charge in [0.05, 0.1) is 0 Å². The number of hydrogen-bond donors (Lipinski definition) is 4. The SMILES string of the molecule is O=[Si](O)O.O=[Si](O)O.[Na]. The van der Waals surface area contributed by atoms with Gasteiger partial charge < -0.3 is 19.2 Å². The second kappa shape index (κ2) is 11.1. The average molecular weight is 179 g/mol. The van der Waals surface area contributed by atoms with Crippen molar-refractivity contribution in [2.75, 3.05) is 0 Å². The van der Waals surface area contributed by atoms with Gasteiger partial charge in [-0.15, -0.1) is 0 Å². The molecule has 4 N–H and O–H groups in total. The molecular weight excluding hydrogens is 175 g/mol. The van der Waals surface area contributed by atoms with Crippen LogP contribution in [0, 0.1) is 0 Å². The van der Waals surface area contributed by atoms with Gasteiger partial charge in [-0.25, -0.2) is 0 Å². The van der Waals surface area contributed by atoms with Crippen molar-refractivity contribution in [2.24, 2.45) is 0 Å². The Morgan fingerprint density at radius 3 is 0.778 bits per heavy atom. The van der Waals surface area contributed by atoms with Crippen LogP contribution in [-0.2, 0) is 8.92 Å². The van der Waals surface area contributed by atoms with Gasteiger partial charge in [0, 0.05) is 29.6 Å². The van der Waals surface area contributed by atoms with Crippen LogP contribution < -0.4 is 0 Å². The van der Waals surface area contributed by atoms with Crippen molar-refractivity contribution in [1.29, 1.82) is 0 Å². The van der Waals surface area contributed by atoms with E-state index in [1.165, 1.54) is 0 Å². The summed E-state index contributed by atoms with van der Waals surface area (Å²) in [6, 6.07) is 0. The van der Waals surface area contributed by atoms with E-state index in [-0.39, 0.29) is 29.6 Å². The van der Waals surface area contributed by atoms with Gasteiger partial charge >= 0.3 is 18.3 Å². The molecule has 49 valence electrons. The van der Waals surface area contributed by atoms with Crippen LogP contribution in [0.1, 0.15) is 0 Å². The maximum absolute atomic E-state index is 8.74. The molecule has 0 aliphatic rings. The molecule has 0 aliphatic heterocycles. The van der Waals surface area contributed by atoms with Gasteiger partial charge in [0.15, 0.2) is 0 Å². The summed E-state index contributed by atoms with van der Waals surface area (Å²) in [4.78, 5) is 28.6. The molecule has 0 saturated carbocycles. The fourth-order valence-electron chi connectivity index (χ4n) is 0. The maximum atomic E-state index is 8.74. The van der Waals surface area contributed by atoms with Gasteiger partial charge in [0.25, 0.3) is 0 Å². The Morgan fingerprint density at radius 2 is 0.778 bits per heavy atom. The van der Waals surface area contributed by atoms with Crippen molar-refractivity contribution < 1.29 is 28.1 Å². The minimum absolute atomic E-state index is 0. The van der Waals surface area contributed by atoms with Gasteiger partial charge in [-0.2, -0.15) is 0 Å². The zero-order valence-corrected chi connectivity index (χ0v) is 8.61. The minimum Gasteiger partial charge on any atom is -0.511 e. The third kappa shape index (κ3) is 5860. The molecular formula is H4NaO6Si2. The number of rotatable bonds is 0. The van der Waals surface area contributed by atoms with Crippen molar-refractivity contribution in [2.45, 2.75) is 0 Å². The van der Waals surface area contributed by atoms with Gasteiger partial charge in [-0.1, -0.05) is 0 Å². The van der Waals surface area contributed by atoms with E-state index in [1.54, 1.807) is 0 Å². The van der Waals surface area contributed by atoms with Gasteiger partial charge in [0.1, 0.15) is 0 Å². The molecule has 0 heterocycles. The molecule has 9 heteroatoms. The Bertz CT molecular complexity index is 69.1. The summed E-state index contributed by atoms with van der Waals surface area (Å²) >= 11 is 0. The first-order valence-electron chi connectivity index (χ1n) is 1.30. The molecule has 0 unspecified atom stereocenters. The molecule has 0 aromatic heterocycles. The molecule has 0 amide bonds. The zero-order chi connectivity index (χ0) is 7.15. The molecule has 0 spiro atoms. The molecule has 0 rings (SSSR count). The van der Waals surface area contributed by atoms with E-state index in [0.717, 1.165) is 0 Å². The average Bonchev–Trinajstić information content (AvgIpc) is 1.25.